The Balaban J connectivity index is 2.16. The zero-order valence-electron chi connectivity index (χ0n) is 12.5. The SMILES string of the molecule is C[C@H]1O[C@@](C(=O)c2ccccc2)(n2ccc(N)nc2=O)C[C@@H]1O. The number of nitrogens with zero attached hydrogens (tertiary/aromatic N) is 2. The van der Waals surface area contributed by atoms with Crippen molar-refractivity contribution in [3.63, 3.8) is 0 Å². The number of anilines is 1. The third-order valence-electron chi connectivity index (χ3n) is 4.01. The predicted molar refractivity (Wildman–Crippen MR) is 82.8 cm³/mol. The van der Waals surface area contributed by atoms with Crippen LogP contribution in [0.1, 0.15) is 23.7 Å². The fourth-order valence-electron chi connectivity index (χ4n) is 2.80. The molecule has 0 bridgehead atoms. The van der Waals surface area contributed by atoms with Gasteiger partial charge in [0, 0.05) is 18.2 Å². The van der Waals surface area contributed by atoms with E-state index in [1.54, 1.807) is 37.3 Å². The number of nitrogens with two attached hydrogens (primary N) is 1. The molecule has 2 aromatic rings. The van der Waals surface area contributed by atoms with Gasteiger partial charge in [-0.1, -0.05) is 30.3 Å². The number of ketones is 1. The summed E-state index contributed by atoms with van der Waals surface area (Å²) in [6.07, 6.45) is -0.122. The highest BCUT2D eigenvalue weighted by Crippen LogP contribution is 2.37. The fourth-order valence-corrected chi connectivity index (χ4v) is 2.80. The van der Waals surface area contributed by atoms with Crippen molar-refractivity contribution >= 4 is 11.6 Å². The Morgan fingerprint density at radius 3 is 2.65 bits per heavy atom. The van der Waals surface area contributed by atoms with Crippen molar-refractivity contribution in [2.45, 2.75) is 31.3 Å². The molecule has 3 atom stereocenters. The normalized spacial score (nSPS) is 27.0. The number of carbonyl (C=O) groups is 1. The van der Waals surface area contributed by atoms with Crippen LogP contribution in [0.4, 0.5) is 5.82 Å². The molecule has 2 heterocycles. The first-order chi connectivity index (χ1) is 10.9. The minimum absolute atomic E-state index is 0.0343. The monoisotopic (exact) mass is 315 g/mol. The molecular weight excluding hydrogens is 298 g/mol. The Labute approximate surface area is 132 Å². The third-order valence-corrected chi connectivity index (χ3v) is 4.01. The van der Waals surface area contributed by atoms with E-state index in [1.807, 2.05) is 0 Å². The number of Topliss-reactive ketones (excluding diaryl/α,β-unsaturated/α-hetero) is 1. The Hall–Kier alpha value is -2.51. The molecule has 1 saturated heterocycles. The van der Waals surface area contributed by atoms with E-state index in [1.165, 1.54) is 12.3 Å². The highest BCUT2D eigenvalue weighted by Gasteiger charge is 2.52. The molecule has 23 heavy (non-hydrogen) atoms. The number of aliphatic hydroxyl groups excluding tert-OH is 1. The van der Waals surface area contributed by atoms with Crippen molar-refractivity contribution in [1.82, 2.24) is 9.55 Å². The van der Waals surface area contributed by atoms with Gasteiger partial charge >= 0.3 is 5.69 Å². The first kappa shape index (κ1) is 15.4. The number of rotatable bonds is 3. The summed E-state index contributed by atoms with van der Waals surface area (Å²) in [6, 6.07) is 9.92. The summed E-state index contributed by atoms with van der Waals surface area (Å²) >= 11 is 0. The molecule has 7 heteroatoms. The van der Waals surface area contributed by atoms with E-state index in [2.05, 4.69) is 4.98 Å². The number of hydrogen-bond acceptors (Lipinski definition) is 6. The quantitative estimate of drug-likeness (QED) is 0.800. The van der Waals surface area contributed by atoms with E-state index in [9.17, 15) is 14.7 Å². The number of benzene rings is 1. The molecule has 1 fully saturated rings. The maximum atomic E-state index is 13.0. The molecule has 0 unspecified atom stereocenters. The van der Waals surface area contributed by atoms with Crippen molar-refractivity contribution in [3.05, 3.63) is 58.6 Å². The molecule has 3 rings (SSSR count). The van der Waals surface area contributed by atoms with Crippen LogP contribution in [0.2, 0.25) is 0 Å². The summed E-state index contributed by atoms with van der Waals surface area (Å²) in [5.41, 5.74) is 3.57. The minimum atomic E-state index is -1.63. The maximum Gasteiger partial charge on any atom is 0.352 e. The lowest BCUT2D eigenvalue weighted by Crippen LogP contribution is -2.48. The molecule has 1 aromatic carbocycles. The Morgan fingerprint density at radius 2 is 2.09 bits per heavy atom. The predicted octanol–water partition coefficient (Wildman–Crippen LogP) is 0.531. The van der Waals surface area contributed by atoms with Crippen LogP contribution in [0.5, 0.6) is 0 Å². The van der Waals surface area contributed by atoms with Crippen LogP contribution in [0, 0.1) is 0 Å². The maximum absolute atomic E-state index is 13.0. The molecular formula is C16H17N3O4. The standard InChI is InChI=1S/C16H17N3O4/c1-10-12(20)9-16(23-10,14(21)11-5-3-2-4-6-11)19-8-7-13(17)18-15(19)22/h2-8,10,12,20H,9H2,1H3,(H2,17,18,22)/t10-,12+,16+/m1/s1. The number of aromatic nitrogens is 2. The van der Waals surface area contributed by atoms with Gasteiger partial charge in [0.2, 0.25) is 11.5 Å². The summed E-state index contributed by atoms with van der Waals surface area (Å²) in [4.78, 5) is 28.9. The van der Waals surface area contributed by atoms with E-state index in [4.69, 9.17) is 10.5 Å². The van der Waals surface area contributed by atoms with Crippen LogP contribution < -0.4 is 11.4 Å². The summed E-state index contributed by atoms with van der Waals surface area (Å²) in [6.45, 7) is 1.65. The lowest BCUT2D eigenvalue weighted by atomic mass is 9.96. The van der Waals surface area contributed by atoms with E-state index in [0.29, 0.717) is 5.56 Å². The molecule has 0 spiro atoms. The molecule has 120 valence electrons. The first-order valence-electron chi connectivity index (χ1n) is 7.25. The van der Waals surface area contributed by atoms with E-state index >= 15 is 0 Å². The molecule has 0 radical (unpaired) electrons. The summed E-state index contributed by atoms with van der Waals surface area (Å²) in [5, 5.41) is 10.1. The molecule has 0 amide bonds. The van der Waals surface area contributed by atoms with E-state index in [-0.39, 0.29) is 12.2 Å². The van der Waals surface area contributed by atoms with Gasteiger partial charge in [-0.15, -0.1) is 0 Å². The van der Waals surface area contributed by atoms with Crippen molar-refractivity contribution in [2.24, 2.45) is 0 Å². The second-order valence-corrected chi connectivity index (χ2v) is 5.58. The van der Waals surface area contributed by atoms with Gasteiger partial charge in [-0.25, -0.2) is 4.79 Å². The van der Waals surface area contributed by atoms with Crippen LogP contribution in [0.15, 0.2) is 47.4 Å². The topological polar surface area (TPSA) is 107 Å². The van der Waals surface area contributed by atoms with Gasteiger partial charge in [-0.2, -0.15) is 4.98 Å². The van der Waals surface area contributed by atoms with Crippen LogP contribution >= 0.6 is 0 Å². The van der Waals surface area contributed by atoms with Crippen LogP contribution in [-0.4, -0.2) is 32.6 Å². The van der Waals surface area contributed by atoms with Gasteiger partial charge in [-0.3, -0.25) is 9.36 Å². The average Bonchev–Trinajstić information content (AvgIpc) is 2.83. The Kier molecular flexibility index (Phi) is 3.75. The van der Waals surface area contributed by atoms with Crippen LogP contribution in [-0.2, 0) is 10.5 Å². The highest BCUT2D eigenvalue weighted by atomic mass is 16.6. The zero-order valence-corrected chi connectivity index (χ0v) is 12.5. The average molecular weight is 315 g/mol. The summed E-state index contributed by atoms with van der Waals surface area (Å²) in [7, 11) is 0. The van der Waals surface area contributed by atoms with Gasteiger partial charge in [0.1, 0.15) is 5.82 Å². The number of nitrogen functional groups attached to an aromatic ring is 1. The summed E-state index contributed by atoms with van der Waals surface area (Å²) in [5.74, 6) is -0.352. The molecule has 0 saturated carbocycles. The Morgan fingerprint density at radius 1 is 1.39 bits per heavy atom. The number of aliphatic hydroxyl groups is 1. The van der Waals surface area contributed by atoms with Crippen molar-refractivity contribution < 1.29 is 14.6 Å². The van der Waals surface area contributed by atoms with E-state index in [0.717, 1.165) is 4.57 Å². The van der Waals surface area contributed by atoms with Gasteiger partial charge in [0.05, 0.1) is 12.2 Å². The molecule has 7 nitrogen and oxygen atoms in total. The van der Waals surface area contributed by atoms with Crippen LogP contribution in [0.25, 0.3) is 0 Å². The first-order valence-corrected chi connectivity index (χ1v) is 7.25. The highest BCUT2D eigenvalue weighted by molar-refractivity contribution is 6.01. The van der Waals surface area contributed by atoms with Gasteiger partial charge < -0.3 is 15.6 Å². The molecule has 1 aliphatic rings. The second-order valence-electron chi connectivity index (χ2n) is 5.58. The lowest BCUT2D eigenvalue weighted by Gasteiger charge is -2.29. The molecule has 3 N–H and O–H groups in total. The summed E-state index contributed by atoms with van der Waals surface area (Å²) < 4.78 is 6.87. The Bertz CT molecular complexity index is 777. The lowest BCUT2D eigenvalue weighted by molar-refractivity contribution is -0.0725. The van der Waals surface area contributed by atoms with Crippen molar-refractivity contribution in [3.8, 4) is 0 Å². The fraction of sp³-hybridized carbons (Fsp3) is 0.312. The number of carbonyl (C=O) groups excluding carboxylic acids is 1. The molecule has 0 aliphatic carbocycles. The van der Waals surface area contributed by atoms with Crippen molar-refractivity contribution in [2.75, 3.05) is 5.73 Å². The van der Waals surface area contributed by atoms with Crippen LogP contribution in [0.3, 0.4) is 0 Å². The van der Waals surface area contributed by atoms with Gasteiger partial charge in [0.25, 0.3) is 0 Å². The molecule has 1 aliphatic heterocycles. The van der Waals surface area contributed by atoms with Gasteiger partial charge in [-0.05, 0) is 13.0 Å². The number of ether oxygens (including phenoxy) is 1. The molecule has 1 aromatic heterocycles. The third kappa shape index (κ3) is 2.54. The minimum Gasteiger partial charge on any atom is -0.390 e. The van der Waals surface area contributed by atoms with E-state index < -0.39 is 29.4 Å². The smallest absolute Gasteiger partial charge is 0.352 e. The van der Waals surface area contributed by atoms with Gasteiger partial charge in [0.15, 0.2) is 0 Å². The number of hydrogen-bond donors (Lipinski definition) is 2. The largest absolute Gasteiger partial charge is 0.390 e. The second kappa shape index (κ2) is 5.60. The van der Waals surface area contributed by atoms with Crippen molar-refractivity contribution in [1.29, 1.82) is 0 Å². The zero-order chi connectivity index (χ0) is 16.6.